The fraction of sp³-hybridized carbons (Fsp3) is 0.154. The largest absolute Gasteiger partial charge is 0.467 e. The van der Waals surface area contributed by atoms with E-state index in [1.165, 1.54) is 26.4 Å². The van der Waals surface area contributed by atoms with Crippen molar-refractivity contribution in [3.63, 3.8) is 0 Å². The first kappa shape index (κ1) is 22.7. The van der Waals surface area contributed by atoms with Crippen LogP contribution in [0.3, 0.4) is 0 Å². The third kappa shape index (κ3) is 3.59. The summed E-state index contributed by atoms with van der Waals surface area (Å²) in [7, 11) is 2.56. The molecule has 1 aliphatic heterocycles. The minimum Gasteiger partial charge on any atom is -0.467 e. The highest BCUT2D eigenvalue weighted by Gasteiger charge is 2.59. The lowest BCUT2D eigenvalue weighted by Gasteiger charge is -2.42. The molecule has 0 N–H and O–H groups in total. The van der Waals surface area contributed by atoms with Crippen LogP contribution in [0, 0.1) is 10.1 Å². The van der Waals surface area contributed by atoms with Gasteiger partial charge < -0.3 is 14.4 Å². The SMILES string of the molecule is COC(=O)C1=C[C@H](c2ccc([N+](=O)[O-])cc2)[C@@](C(=O)OC)(c2ccccc2)N1c1ccccc1. The molecule has 0 saturated heterocycles. The van der Waals surface area contributed by atoms with Gasteiger partial charge in [-0.25, -0.2) is 9.59 Å². The van der Waals surface area contributed by atoms with E-state index < -0.39 is 28.3 Å². The lowest BCUT2D eigenvalue weighted by atomic mass is 9.75. The molecule has 0 fully saturated rings. The van der Waals surface area contributed by atoms with Gasteiger partial charge in [0.25, 0.3) is 5.69 Å². The van der Waals surface area contributed by atoms with Crippen LogP contribution < -0.4 is 4.90 Å². The summed E-state index contributed by atoms with van der Waals surface area (Å²) in [4.78, 5) is 39.1. The van der Waals surface area contributed by atoms with Crippen LogP contribution in [-0.2, 0) is 24.6 Å². The summed E-state index contributed by atoms with van der Waals surface area (Å²) in [6, 6.07) is 23.9. The van der Waals surface area contributed by atoms with Crippen LogP contribution in [0.2, 0.25) is 0 Å². The van der Waals surface area contributed by atoms with Crippen LogP contribution in [0.4, 0.5) is 11.4 Å². The molecule has 0 bridgehead atoms. The Balaban J connectivity index is 2.06. The second kappa shape index (κ2) is 9.19. The van der Waals surface area contributed by atoms with Crippen molar-refractivity contribution >= 4 is 23.3 Å². The molecule has 1 aliphatic rings. The number of hydrogen-bond donors (Lipinski definition) is 0. The van der Waals surface area contributed by atoms with E-state index in [0.29, 0.717) is 16.8 Å². The molecule has 8 nitrogen and oxygen atoms in total. The van der Waals surface area contributed by atoms with E-state index in [2.05, 4.69) is 0 Å². The monoisotopic (exact) mass is 458 g/mol. The minimum absolute atomic E-state index is 0.0813. The topological polar surface area (TPSA) is 99.0 Å². The Labute approximate surface area is 196 Å². The Kier molecular flexibility index (Phi) is 6.14. The molecule has 0 radical (unpaired) electrons. The summed E-state index contributed by atoms with van der Waals surface area (Å²) in [5, 5.41) is 11.2. The second-order valence-electron chi connectivity index (χ2n) is 7.66. The number of carbonyl (C=O) groups is 2. The molecule has 34 heavy (non-hydrogen) atoms. The number of methoxy groups -OCH3 is 2. The number of carbonyl (C=O) groups excluding carboxylic acids is 2. The van der Waals surface area contributed by atoms with Gasteiger partial charge in [0.2, 0.25) is 0 Å². The molecule has 8 heteroatoms. The Bertz CT molecular complexity index is 1240. The summed E-state index contributed by atoms with van der Waals surface area (Å²) >= 11 is 0. The van der Waals surface area contributed by atoms with Gasteiger partial charge in [-0.15, -0.1) is 0 Å². The highest BCUT2D eigenvalue weighted by Crippen LogP contribution is 2.53. The van der Waals surface area contributed by atoms with Gasteiger partial charge in [-0.2, -0.15) is 0 Å². The predicted octanol–water partition coefficient (Wildman–Crippen LogP) is 4.32. The summed E-state index contributed by atoms with van der Waals surface area (Å²) in [6.07, 6.45) is 1.66. The molecule has 2 atom stereocenters. The zero-order valence-corrected chi connectivity index (χ0v) is 18.6. The van der Waals surface area contributed by atoms with Gasteiger partial charge in [-0.05, 0) is 29.3 Å². The number of nitro benzene ring substituents is 1. The number of nitro groups is 1. The van der Waals surface area contributed by atoms with Gasteiger partial charge in [-0.3, -0.25) is 10.1 Å². The third-order valence-corrected chi connectivity index (χ3v) is 5.95. The molecule has 0 aliphatic carbocycles. The van der Waals surface area contributed by atoms with Crippen LogP contribution >= 0.6 is 0 Å². The number of ether oxygens (including phenoxy) is 2. The van der Waals surface area contributed by atoms with E-state index in [4.69, 9.17) is 9.47 Å². The van der Waals surface area contributed by atoms with Gasteiger partial charge in [0.1, 0.15) is 5.70 Å². The number of rotatable bonds is 6. The zero-order valence-electron chi connectivity index (χ0n) is 18.6. The Hall–Kier alpha value is -4.46. The van der Waals surface area contributed by atoms with Crippen LogP contribution in [0.25, 0.3) is 0 Å². The zero-order chi connectivity index (χ0) is 24.3. The van der Waals surface area contributed by atoms with Crippen molar-refractivity contribution in [2.24, 2.45) is 0 Å². The van der Waals surface area contributed by atoms with E-state index >= 15 is 0 Å². The molecule has 0 unspecified atom stereocenters. The maximum absolute atomic E-state index is 13.8. The summed E-state index contributed by atoms with van der Waals surface area (Å²) in [5.41, 5.74) is 0.326. The first-order valence-corrected chi connectivity index (χ1v) is 10.5. The van der Waals surface area contributed by atoms with Crippen molar-refractivity contribution in [1.82, 2.24) is 0 Å². The molecular weight excluding hydrogens is 436 g/mol. The summed E-state index contributed by atoms with van der Waals surface area (Å²) in [5.74, 6) is -1.95. The van der Waals surface area contributed by atoms with E-state index in [9.17, 15) is 19.7 Å². The second-order valence-corrected chi connectivity index (χ2v) is 7.66. The molecule has 172 valence electrons. The lowest BCUT2D eigenvalue weighted by molar-refractivity contribution is -0.384. The maximum Gasteiger partial charge on any atom is 0.354 e. The summed E-state index contributed by atoms with van der Waals surface area (Å²) in [6.45, 7) is 0. The van der Waals surface area contributed by atoms with Crippen molar-refractivity contribution < 1.29 is 24.0 Å². The van der Waals surface area contributed by atoms with E-state index in [1.807, 2.05) is 12.1 Å². The smallest absolute Gasteiger partial charge is 0.354 e. The van der Waals surface area contributed by atoms with Gasteiger partial charge in [-0.1, -0.05) is 60.7 Å². The Morgan fingerprint density at radius 2 is 1.47 bits per heavy atom. The molecular formula is C26H22N2O6. The molecule has 4 rings (SSSR count). The van der Waals surface area contributed by atoms with Crippen molar-refractivity contribution in [2.75, 3.05) is 19.1 Å². The van der Waals surface area contributed by atoms with Gasteiger partial charge in [0.05, 0.1) is 19.1 Å². The fourth-order valence-corrected chi connectivity index (χ4v) is 4.50. The normalized spacial score (nSPS) is 19.3. The van der Waals surface area contributed by atoms with E-state index in [-0.39, 0.29) is 11.4 Å². The molecule has 0 spiro atoms. The number of esters is 2. The van der Waals surface area contributed by atoms with E-state index in [0.717, 1.165) is 0 Å². The maximum atomic E-state index is 13.8. The van der Waals surface area contributed by atoms with Crippen molar-refractivity contribution in [2.45, 2.75) is 11.5 Å². The third-order valence-electron chi connectivity index (χ3n) is 5.95. The van der Waals surface area contributed by atoms with Crippen LogP contribution in [-0.4, -0.2) is 31.1 Å². The van der Waals surface area contributed by atoms with Gasteiger partial charge in [0, 0.05) is 23.7 Å². The van der Waals surface area contributed by atoms with E-state index in [1.54, 1.807) is 71.6 Å². The fourth-order valence-electron chi connectivity index (χ4n) is 4.50. The van der Waals surface area contributed by atoms with Crippen molar-refractivity contribution in [1.29, 1.82) is 0 Å². The quantitative estimate of drug-likeness (QED) is 0.308. The number of hydrogen-bond acceptors (Lipinski definition) is 7. The molecule has 0 aromatic heterocycles. The molecule has 0 saturated carbocycles. The Morgan fingerprint density at radius 3 is 2.00 bits per heavy atom. The number of benzene rings is 3. The van der Waals surface area contributed by atoms with Crippen LogP contribution in [0.1, 0.15) is 17.0 Å². The van der Waals surface area contributed by atoms with Crippen molar-refractivity contribution in [3.8, 4) is 0 Å². The molecule has 3 aromatic carbocycles. The number of nitrogens with zero attached hydrogens (tertiary/aromatic N) is 2. The molecule has 0 amide bonds. The average Bonchev–Trinajstić information content (AvgIpc) is 3.25. The summed E-state index contributed by atoms with van der Waals surface area (Å²) < 4.78 is 10.4. The average molecular weight is 458 g/mol. The van der Waals surface area contributed by atoms with Gasteiger partial charge in [0.15, 0.2) is 5.54 Å². The number of anilines is 1. The molecule has 3 aromatic rings. The predicted molar refractivity (Wildman–Crippen MR) is 125 cm³/mol. The first-order chi connectivity index (χ1) is 16.4. The van der Waals surface area contributed by atoms with Crippen LogP contribution in [0.15, 0.2) is 96.7 Å². The Morgan fingerprint density at radius 1 is 0.882 bits per heavy atom. The van der Waals surface area contributed by atoms with Crippen LogP contribution in [0.5, 0.6) is 0 Å². The first-order valence-electron chi connectivity index (χ1n) is 10.5. The minimum atomic E-state index is -1.52. The standard InChI is InChI=1S/C26H22N2O6/c1-33-24(29)23-17-22(18-13-15-21(16-14-18)28(31)32)26(25(30)34-2,19-9-5-3-6-10-19)27(23)20-11-7-4-8-12-20/h3-17,22H,1-2H3/t22-,26-/m1/s1. The van der Waals surface area contributed by atoms with Crippen molar-refractivity contribution in [3.05, 3.63) is 118 Å². The number of non-ortho nitro benzene ring substituents is 1. The highest BCUT2D eigenvalue weighted by atomic mass is 16.6. The lowest BCUT2D eigenvalue weighted by Crippen LogP contribution is -2.53. The number of para-hydroxylation sites is 1. The highest BCUT2D eigenvalue weighted by molar-refractivity contribution is 6.01. The molecule has 1 heterocycles. The van der Waals surface area contributed by atoms with Gasteiger partial charge >= 0.3 is 11.9 Å².